The van der Waals surface area contributed by atoms with E-state index < -0.39 is 21.4 Å². The Bertz CT molecular complexity index is 569. The summed E-state index contributed by atoms with van der Waals surface area (Å²) in [6, 6.07) is 4.99. The standard InChI is InChI=1S/C13H20FN3O2S/c1-17-7-5-13(10-15,6-8-17)16-20(18,19)12-4-2-3-11(14)9-12/h2-4,9,16H,5-8,10,15H2,1H3. The average molecular weight is 301 g/mol. The summed E-state index contributed by atoms with van der Waals surface area (Å²) < 4.78 is 40.6. The molecule has 0 aliphatic carbocycles. The number of hydrogen-bond donors (Lipinski definition) is 2. The van der Waals surface area contributed by atoms with Crippen LogP contribution in [0, 0.1) is 5.82 Å². The van der Waals surface area contributed by atoms with Crippen molar-refractivity contribution in [3.05, 3.63) is 30.1 Å². The Balaban J connectivity index is 2.22. The molecule has 20 heavy (non-hydrogen) atoms. The summed E-state index contributed by atoms with van der Waals surface area (Å²) in [5, 5.41) is 0. The summed E-state index contributed by atoms with van der Waals surface area (Å²) in [6.45, 7) is 1.79. The van der Waals surface area contributed by atoms with E-state index in [0.717, 1.165) is 19.2 Å². The Morgan fingerprint density at radius 3 is 2.60 bits per heavy atom. The van der Waals surface area contributed by atoms with Crippen molar-refractivity contribution >= 4 is 10.0 Å². The van der Waals surface area contributed by atoms with Crippen molar-refractivity contribution in [2.75, 3.05) is 26.7 Å². The van der Waals surface area contributed by atoms with Gasteiger partial charge in [-0.3, -0.25) is 0 Å². The molecule has 0 spiro atoms. The van der Waals surface area contributed by atoms with E-state index >= 15 is 0 Å². The second-order valence-corrected chi connectivity index (χ2v) is 7.03. The summed E-state index contributed by atoms with van der Waals surface area (Å²) in [4.78, 5) is 2.06. The molecule has 1 aromatic carbocycles. The van der Waals surface area contributed by atoms with Crippen LogP contribution in [-0.2, 0) is 10.0 Å². The van der Waals surface area contributed by atoms with Crippen molar-refractivity contribution < 1.29 is 12.8 Å². The number of sulfonamides is 1. The van der Waals surface area contributed by atoms with Crippen molar-refractivity contribution in [2.45, 2.75) is 23.3 Å². The summed E-state index contributed by atoms with van der Waals surface area (Å²) >= 11 is 0. The first-order chi connectivity index (χ1) is 9.37. The molecule has 5 nitrogen and oxygen atoms in total. The van der Waals surface area contributed by atoms with Crippen LogP contribution in [0.1, 0.15) is 12.8 Å². The van der Waals surface area contributed by atoms with Gasteiger partial charge in [0.1, 0.15) is 5.82 Å². The second-order valence-electron chi connectivity index (χ2n) is 5.35. The molecule has 1 saturated heterocycles. The minimum Gasteiger partial charge on any atom is -0.329 e. The molecule has 0 unspecified atom stereocenters. The second kappa shape index (κ2) is 5.77. The van der Waals surface area contributed by atoms with E-state index in [2.05, 4.69) is 9.62 Å². The molecule has 0 radical (unpaired) electrons. The average Bonchev–Trinajstić information content (AvgIpc) is 2.41. The lowest BCUT2D eigenvalue weighted by Gasteiger charge is -2.40. The van der Waals surface area contributed by atoms with Gasteiger partial charge < -0.3 is 10.6 Å². The van der Waals surface area contributed by atoms with Gasteiger partial charge in [-0.25, -0.2) is 17.5 Å². The zero-order valence-electron chi connectivity index (χ0n) is 11.5. The van der Waals surface area contributed by atoms with E-state index in [1.807, 2.05) is 7.05 Å². The van der Waals surface area contributed by atoms with Crippen LogP contribution >= 0.6 is 0 Å². The molecule has 1 aromatic rings. The molecule has 1 heterocycles. The number of piperidine rings is 1. The zero-order chi connectivity index (χ0) is 14.8. The zero-order valence-corrected chi connectivity index (χ0v) is 12.3. The third-order valence-electron chi connectivity index (χ3n) is 3.79. The minimum atomic E-state index is -3.76. The summed E-state index contributed by atoms with van der Waals surface area (Å²) in [5.41, 5.74) is 5.14. The van der Waals surface area contributed by atoms with Gasteiger partial charge in [0.05, 0.1) is 4.90 Å². The van der Waals surface area contributed by atoms with Gasteiger partial charge in [0, 0.05) is 12.1 Å². The molecule has 0 amide bonds. The van der Waals surface area contributed by atoms with Crippen molar-refractivity contribution in [2.24, 2.45) is 5.73 Å². The molecule has 3 N–H and O–H groups in total. The molecule has 0 aromatic heterocycles. The van der Waals surface area contributed by atoms with Crippen molar-refractivity contribution in [1.29, 1.82) is 0 Å². The summed E-state index contributed by atoms with van der Waals surface area (Å²) in [7, 11) is -1.77. The van der Waals surface area contributed by atoms with Crippen LogP contribution in [0.3, 0.4) is 0 Å². The summed E-state index contributed by atoms with van der Waals surface area (Å²) in [5.74, 6) is -0.571. The number of likely N-dealkylation sites (tertiary alicyclic amines) is 1. The van der Waals surface area contributed by atoms with Crippen LogP contribution in [0.2, 0.25) is 0 Å². The molecular weight excluding hydrogens is 281 g/mol. The maximum atomic E-state index is 13.2. The van der Waals surface area contributed by atoms with Crippen molar-refractivity contribution in [1.82, 2.24) is 9.62 Å². The van der Waals surface area contributed by atoms with E-state index in [0.29, 0.717) is 12.8 Å². The number of hydrogen-bond acceptors (Lipinski definition) is 4. The van der Waals surface area contributed by atoms with Gasteiger partial charge >= 0.3 is 0 Å². The Hall–Kier alpha value is -1.02. The highest BCUT2D eigenvalue weighted by molar-refractivity contribution is 7.89. The number of halogens is 1. The Morgan fingerprint density at radius 2 is 2.05 bits per heavy atom. The van der Waals surface area contributed by atoms with Crippen molar-refractivity contribution in [3.8, 4) is 0 Å². The lowest BCUT2D eigenvalue weighted by Crippen LogP contribution is -2.58. The molecule has 112 valence electrons. The molecule has 0 atom stereocenters. The number of benzene rings is 1. The molecule has 1 fully saturated rings. The SMILES string of the molecule is CN1CCC(CN)(NS(=O)(=O)c2cccc(F)c2)CC1. The van der Waals surface area contributed by atoms with Crippen LogP contribution in [-0.4, -0.2) is 45.5 Å². The van der Waals surface area contributed by atoms with Gasteiger partial charge in [-0.15, -0.1) is 0 Å². The highest BCUT2D eigenvalue weighted by Crippen LogP contribution is 2.23. The third kappa shape index (κ3) is 3.35. The Morgan fingerprint density at radius 1 is 1.40 bits per heavy atom. The van der Waals surface area contributed by atoms with Crippen LogP contribution in [0.15, 0.2) is 29.2 Å². The number of nitrogens with zero attached hydrogens (tertiary/aromatic N) is 1. The fourth-order valence-corrected chi connectivity index (χ4v) is 3.87. The van der Waals surface area contributed by atoms with Gasteiger partial charge in [0.25, 0.3) is 0 Å². The molecular formula is C13H20FN3O2S. The largest absolute Gasteiger partial charge is 0.329 e. The number of nitrogens with two attached hydrogens (primary N) is 1. The lowest BCUT2D eigenvalue weighted by molar-refractivity contribution is 0.182. The smallest absolute Gasteiger partial charge is 0.241 e. The van der Waals surface area contributed by atoms with E-state index in [9.17, 15) is 12.8 Å². The maximum Gasteiger partial charge on any atom is 0.241 e. The van der Waals surface area contributed by atoms with Crippen molar-refractivity contribution in [3.63, 3.8) is 0 Å². The van der Waals surface area contributed by atoms with Crippen LogP contribution in [0.5, 0.6) is 0 Å². The highest BCUT2D eigenvalue weighted by atomic mass is 32.2. The summed E-state index contributed by atoms with van der Waals surface area (Å²) in [6.07, 6.45) is 1.29. The first-order valence-corrected chi connectivity index (χ1v) is 8.03. The first kappa shape index (κ1) is 15.4. The minimum absolute atomic E-state index is 0.0655. The van der Waals surface area contributed by atoms with E-state index in [1.54, 1.807) is 0 Å². The predicted octanol–water partition coefficient (Wildman–Crippen LogP) is 0.527. The first-order valence-electron chi connectivity index (χ1n) is 6.55. The topological polar surface area (TPSA) is 75.4 Å². The normalized spacial score (nSPS) is 19.9. The molecule has 1 aliphatic rings. The maximum absolute atomic E-state index is 13.2. The van der Waals surface area contributed by atoms with Crippen LogP contribution in [0.25, 0.3) is 0 Å². The monoisotopic (exact) mass is 301 g/mol. The van der Waals surface area contributed by atoms with E-state index in [4.69, 9.17) is 5.73 Å². The Labute approximate surface area is 119 Å². The highest BCUT2D eigenvalue weighted by Gasteiger charge is 2.36. The van der Waals surface area contributed by atoms with Gasteiger partial charge in [-0.2, -0.15) is 0 Å². The third-order valence-corrected chi connectivity index (χ3v) is 5.37. The quantitative estimate of drug-likeness (QED) is 0.850. The van der Waals surface area contributed by atoms with Crippen LogP contribution in [0.4, 0.5) is 4.39 Å². The Kier molecular flexibility index (Phi) is 4.43. The number of nitrogens with one attached hydrogen (secondary N) is 1. The van der Waals surface area contributed by atoms with Gasteiger partial charge in [-0.1, -0.05) is 6.07 Å². The predicted molar refractivity (Wildman–Crippen MR) is 75.2 cm³/mol. The fraction of sp³-hybridized carbons (Fsp3) is 0.538. The molecule has 1 aliphatic heterocycles. The van der Waals surface area contributed by atoms with Gasteiger partial charge in [0.2, 0.25) is 10.0 Å². The van der Waals surface area contributed by atoms with E-state index in [-0.39, 0.29) is 11.4 Å². The fourth-order valence-electron chi connectivity index (χ4n) is 2.37. The van der Waals surface area contributed by atoms with Gasteiger partial charge in [-0.05, 0) is 51.2 Å². The molecule has 7 heteroatoms. The lowest BCUT2D eigenvalue weighted by atomic mass is 9.89. The molecule has 0 bridgehead atoms. The number of rotatable bonds is 4. The molecule has 2 rings (SSSR count). The van der Waals surface area contributed by atoms with Gasteiger partial charge in [0.15, 0.2) is 0 Å². The molecule has 0 saturated carbocycles. The van der Waals surface area contributed by atoms with Crippen LogP contribution < -0.4 is 10.5 Å². The van der Waals surface area contributed by atoms with E-state index in [1.165, 1.54) is 18.2 Å².